The molecule has 0 aromatic heterocycles. The summed E-state index contributed by atoms with van der Waals surface area (Å²) in [4.78, 5) is 28.0. The third kappa shape index (κ3) is 6.31. The second kappa shape index (κ2) is 12.4. The van der Waals surface area contributed by atoms with Gasteiger partial charge in [0.05, 0.1) is 10.6 Å². The summed E-state index contributed by atoms with van der Waals surface area (Å²) in [6.07, 6.45) is 0.591. The highest BCUT2D eigenvalue weighted by atomic mass is 32.2. The Labute approximate surface area is 213 Å². The molecule has 1 N–H and O–H groups in total. The van der Waals surface area contributed by atoms with Gasteiger partial charge >= 0.3 is 0 Å². The lowest BCUT2D eigenvalue weighted by Gasteiger charge is -2.32. The zero-order valence-corrected chi connectivity index (χ0v) is 21.7. The van der Waals surface area contributed by atoms with Gasteiger partial charge < -0.3 is 10.2 Å². The number of benzene rings is 3. The van der Waals surface area contributed by atoms with Crippen molar-refractivity contribution in [2.75, 3.05) is 17.4 Å². The summed E-state index contributed by atoms with van der Waals surface area (Å²) in [6, 6.07) is 23.8. The number of nitrogens with zero attached hydrogens (tertiary/aromatic N) is 2. The van der Waals surface area contributed by atoms with Gasteiger partial charge in [0.25, 0.3) is 10.0 Å². The average molecular weight is 508 g/mol. The fraction of sp³-hybridized carbons (Fsp3) is 0.286. The Hall–Kier alpha value is -3.65. The molecule has 1 atom stereocenters. The quantitative estimate of drug-likeness (QED) is 0.425. The van der Waals surface area contributed by atoms with Crippen molar-refractivity contribution in [1.29, 1.82) is 0 Å². The summed E-state index contributed by atoms with van der Waals surface area (Å²) in [5.74, 6) is -0.767. The average Bonchev–Trinajstić information content (AvgIpc) is 2.91. The van der Waals surface area contributed by atoms with Gasteiger partial charge in [-0.3, -0.25) is 13.9 Å². The molecule has 0 aliphatic carbocycles. The zero-order chi connectivity index (χ0) is 26.1. The molecule has 3 rings (SSSR count). The van der Waals surface area contributed by atoms with Gasteiger partial charge in [-0.05, 0) is 49.6 Å². The number of likely N-dealkylation sites (N-methyl/N-ethyl adjacent to an activating group) is 1. The minimum Gasteiger partial charge on any atom is -0.355 e. The van der Waals surface area contributed by atoms with Gasteiger partial charge in [-0.2, -0.15) is 0 Å². The smallest absolute Gasteiger partial charge is 0.264 e. The van der Waals surface area contributed by atoms with Crippen molar-refractivity contribution in [3.63, 3.8) is 0 Å². The monoisotopic (exact) mass is 507 g/mol. The third-order valence-corrected chi connectivity index (χ3v) is 7.74. The van der Waals surface area contributed by atoms with Crippen LogP contribution in [-0.4, -0.2) is 44.3 Å². The Morgan fingerprint density at radius 1 is 0.861 bits per heavy atom. The van der Waals surface area contributed by atoms with Gasteiger partial charge in [-0.1, -0.05) is 73.7 Å². The third-order valence-electron chi connectivity index (χ3n) is 5.97. The van der Waals surface area contributed by atoms with E-state index >= 15 is 0 Å². The van der Waals surface area contributed by atoms with E-state index in [9.17, 15) is 18.0 Å². The van der Waals surface area contributed by atoms with Crippen molar-refractivity contribution >= 4 is 27.5 Å². The number of sulfonamides is 1. The molecule has 0 radical (unpaired) electrons. The molecular weight excluding hydrogens is 474 g/mol. The maximum absolute atomic E-state index is 13.8. The predicted molar refractivity (Wildman–Crippen MR) is 142 cm³/mol. The molecule has 0 aliphatic heterocycles. The largest absolute Gasteiger partial charge is 0.355 e. The highest BCUT2D eigenvalue weighted by Crippen LogP contribution is 2.28. The van der Waals surface area contributed by atoms with E-state index in [-0.39, 0.29) is 17.3 Å². The molecule has 0 fully saturated rings. The number of carbonyl (C=O) groups is 2. The van der Waals surface area contributed by atoms with E-state index in [0.717, 1.165) is 15.4 Å². The van der Waals surface area contributed by atoms with Gasteiger partial charge in [-0.15, -0.1) is 0 Å². The van der Waals surface area contributed by atoms with E-state index < -0.39 is 28.5 Å². The van der Waals surface area contributed by atoms with Crippen LogP contribution in [0, 0.1) is 0 Å². The van der Waals surface area contributed by atoms with Crippen molar-refractivity contribution in [3.8, 4) is 0 Å². The molecule has 190 valence electrons. The van der Waals surface area contributed by atoms with E-state index in [4.69, 9.17) is 0 Å². The number of hydrogen-bond donors (Lipinski definition) is 1. The number of nitrogens with one attached hydrogen (secondary N) is 1. The number of anilines is 1. The topological polar surface area (TPSA) is 86.8 Å². The minimum absolute atomic E-state index is 0.0927. The molecule has 0 saturated heterocycles. The molecule has 0 aliphatic rings. The molecule has 3 aromatic carbocycles. The van der Waals surface area contributed by atoms with Crippen LogP contribution in [0.4, 0.5) is 5.69 Å². The van der Waals surface area contributed by atoms with Crippen LogP contribution in [0.5, 0.6) is 0 Å². The van der Waals surface area contributed by atoms with E-state index in [0.29, 0.717) is 18.7 Å². The summed E-state index contributed by atoms with van der Waals surface area (Å²) < 4.78 is 28.8. The lowest BCUT2D eigenvalue weighted by Crippen LogP contribution is -2.51. The van der Waals surface area contributed by atoms with Gasteiger partial charge in [-0.25, -0.2) is 8.42 Å². The first-order valence-electron chi connectivity index (χ1n) is 12.1. The van der Waals surface area contributed by atoms with Gasteiger partial charge in [0.15, 0.2) is 0 Å². The first-order chi connectivity index (χ1) is 17.3. The second-order valence-corrected chi connectivity index (χ2v) is 10.2. The number of carbonyl (C=O) groups excluding carboxylic acids is 2. The highest BCUT2D eigenvalue weighted by Gasteiger charge is 2.33. The van der Waals surface area contributed by atoms with Crippen molar-refractivity contribution in [2.45, 2.75) is 44.7 Å². The predicted octanol–water partition coefficient (Wildman–Crippen LogP) is 4.00. The molecule has 3 aromatic rings. The molecule has 36 heavy (non-hydrogen) atoms. The summed E-state index contributed by atoms with van der Waals surface area (Å²) in [6.45, 7) is 5.56. The van der Waals surface area contributed by atoms with E-state index in [1.54, 1.807) is 37.3 Å². The molecule has 0 heterocycles. The van der Waals surface area contributed by atoms with Crippen LogP contribution in [0.15, 0.2) is 89.8 Å². The zero-order valence-electron chi connectivity index (χ0n) is 20.9. The van der Waals surface area contributed by atoms with E-state index in [1.807, 2.05) is 56.3 Å². The van der Waals surface area contributed by atoms with E-state index in [2.05, 4.69) is 5.32 Å². The number of rotatable bonds is 11. The van der Waals surface area contributed by atoms with Crippen molar-refractivity contribution in [2.24, 2.45) is 0 Å². The summed E-state index contributed by atoms with van der Waals surface area (Å²) in [7, 11) is -4.06. The lowest BCUT2D eigenvalue weighted by atomic mass is 10.1. The molecule has 0 saturated carbocycles. The van der Waals surface area contributed by atoms with Crippen LogP contribution in [0.3, 0.4) is 0 Å². The first-order valence-corrected chi connectivity index (χ1v) is 13.5. The Kier molecular flexibility index (Phi) is 9.25. The Morgan fingerprint density at radius 3 is 2.06 bits per heavy atom. The molecule has 1 unspecified atom stereocenters. The Morgan fingerprint density at radius 2 is 1.44 bits per heavy atom. The van der Waals surface area contributed by atoms with E-state index in [1.165, 1.54) is 17.0 Å². The number of para-hydroxylation sites is 1. The molecule has 2 amide bonds. The number of amides is 2. The van der Waals surface area contributed by atoms with Crippen LogP contribution in [-0.2, 0) is 32.6 Å². The van der Waals surface area contributed by atoms with Gasteiger partial charge in [0, 0.05) is 13.1 Å². The van der Waals surface area contributed by atoms with Crippen LogP contribution < -0.4 is 9.62 Å². The minimum atomic E-state index is -4.06. The SMILES string of the molecule is CCNC(=O)C(C)N(Cc1ccccc1)C(=O)CN(c1ccccc1CC)S(=O)(=O)c1ccccc1. The summed E-state index contributed by atoms with van der Waals surface area (Å²) >= 11 is 0. The normalized spacial score (nSPS) is 12.0. The molecule has 8 heteroatoms. The van der Waals surface area contributed by atoms with Crippen LogP contribution in [0.2, 0.25) is 0 Å². The standard InChI is InChI=1S/C28H33N3O4S/c1-4-24-16-12-13-19-26(24)31(36(34,35)25-17-10-7-11-18-25)21-27(32)30(22(3)28(33)29-5-2)20-23-14-8-6-9-15-23/h6-19,22H,4-5,20-21H2,1-3H3,(H,29,33). The molecular formula is C28H33N3O4S. The van der Waals surface area contributed by atoms with Crippen molar-refractivity contribution < 1.29 is 18.0 Å². The Balaban J connectivity index is 2.05. The first kappa shape index (κ1) is 26.9. The Bertz CT molecular complexity index is 1260. The van der Waals surface area contributed by atoms with Gasteiger partial charge in [0.1, 0.15) is 12.6 Å². The highest BCUT2D eigenvalue weighted by molar-refractivity contribution is 7.92. The fourth-order valence-corrected chi connectivity index (χ4v) is 5.44. The molecule has 0 spiro atoms. The van der Waals surface area contributed by atoms with Crippen LogP contribution in [0.25, 0.3) is 0 Å². The number of hydrogen-bond acceptors (Lipinski definition) is 4. The number of aryl methyl sites for hydroxylation is 1. The van der Waals surface area contributed by atoms with Crippen LogP contribution >= 0.6 is 0 Å². The molecule has 0 bridgehead atoms. The maximum Gasteiger partial charge on any atom is 0.264 e. The van der Waals surface area contributed by atoms with Crippen molar-refractivity contribution in [1.82, 2.24) is 10.2 Å². The fourth-order valence-electron chi connectivity index (χ4n) is 3.97. The molecule has 7 nitrogen and oxygen atoms in total. The summed E-state index contributed by atoms with van der Waals surface area (Å²) in [5, 5.41) is 2.76. The second-order valence-electron chi connectivity index (χ2n) is 8.38. The van der Waals surface area contributed by atoms with Crippen LogP contribution in [0.1, 0.15) is 31.9 Å². The summed E-state index contributed by atoms with van der Waals surface area (Å²) in [5.41, 5.74) is 2.09. The van der Waals surface area contributed by atoms with Gasteiger partial charge in [0.2, 0.25) is 11.8 Å². The van der Waals surface area contributed by atoms with Crippen molar-refractivity contribution in [3.05, 3.63) is 96.1 Å². The lowest BCUT2D eigenvalue weighted by molar-refractivity contribution is -0.139. The maximum atomic E-state index is 13.8.